The van der Waals surface area contributed by atoms with Crippen molar-refractivity contribution in [3.8, 4) is 11.5 Å². The third-order valence-electron chi connectivity index (χ3n) is 2.44. The molecule has 0 fully saturated rings. The van der Waals surface area contributed by atoms with Crippen molar-refractivity contribution in [1.29, 1.82) is 0 Å². The number of ether oxygens (including phenoxy) is 2. The Morgan fingerprint density at radius 2 is 2.18 bits per heavy atom. The Morgan fingerprint density at radius 1 is 1.35 bits per heavy atom. The van der Waals surface area contributed by atoms with Gasteiger partial charge in [0.25, 0.3) is 0 Å². The Morgan fingerprint density at radius 3 is 3.00 bits per heavy atom. The van der Waals surface area contributed by atoms with Crippen LogP contribution in [0.1, 0.15) is 12.0 Å². The number of para-hydroxylation sites is 1. The average Bonchev–Trinajstić information content (AvgIpc) is 2.54. The molecular formula is C12H15NO4. The van der Waals surface area contributed by atoms with Gasteiger partial charge >= 0.3 is 5.97 Å². The molecule has 0 aromatic heterocycles. The monoisotopic (exact) mass is 237 g/mol. The van der Waals surface area contributed by atoms with Gasteiger partial charge in [0.1, 0.15) is 0 Å². The highest BCUT2D eigenvalue weighted by molar-refractivity contribution is 5.69. The van der Waals surface area contributed by atoms with Gasteiger partial charge < -0.3 is 19.9 Å². The quantitative estimate of drug-likeness (QED) is 0.818. The lowest BCUT2D eigenvalue weighted by Gasteiger charge is -2.12. The van der Waals surface area contributed by atoms with E-state index in [-0.39, 0.29) is 6.54 Å². The molecule has 1 aliphatic heterocycles. The molecule has 1 heterocycles. The third kappa shape index (κ3) is 3.10. The van der Waals surface area contributed by atoms with Crippen LogP contribution in [0.4, 0.5) is 0 Å². The molecule has 0 radical (unpaired) electrons. The zero-order valence-corrected chi connectivity index (χ0v) is 9.44. The molecule has 92 valence electrons. The maximum Gasteiger partial charge on any atom is 0.317 e. The second kappa shape index (κ2) is 5.54. The maximum atomic E-state index is 10.4. The molecule has 0 amide bonds. The number of carbonyl (C=O) groups is 1. The molecule has 1 aliphatic rings. The van der Waals surface area contributed by atoms with Gasteiger partial charge in [-0.2, -0.15) is 0 Å². The molecule has 0 saturated heterocycles. The fourth-order valence-electron chi connectivity index (χ4n) is 1.70. The molecule has 0 spiro atoms. The number of benzene rings is 1. The molecule has 0 bridgehead atoms. The van der Waals surface area contributed by atoms with Crippen LogP contribution in [-0.2, 0) is 11.3 Å². The first kappa shape index (κ1) is 11.7. The topological polar surface area (TPSA) is 67.8 Å². The number of rotatable bonds is 4. The van der Waals surface area contributed by atoms with Crippen LogP contribution < -0.4 is 14.8 Å². The fourth-order valence-corrected chi connectivity index (χ4v) is 1.70. The predicted octanol–water partition coefficient (Wildman–Crippen LogP) is 1.02. The zero-order chi connectivity index (χ0) is 12.1. The highest BCUT2D eigenvalue weighted by Crippen LogP contribution is 2.32. The van der Waals surface area contributed by atoms with Gasteiger partial charge in [-0.3, -0.25) is 4.79 Å². The van der Waals surface area contributed by atoms with Gasteiger partial charge in [-0.1, -0.05) is 12.1 Å². The first-order valence-electron chi connectivity index (χ1n) is 5.57. The van der Waals surface area contributed by atoms with Gasteiger partial charge in [0, 0.05) is 18.5 Å². The summed E-state index contributed by atoms with van der Waals surface area (Å²) < 4.78 is 11.2. The molecular weight excluding hydrogens is 222 g/mol. The maximum absolute atomic E-state index is 10.4. The lowest BCUT2D eigenvalue weighted by atomic mass is 10.2. The van der Waals surface area contributed by atoms with E-state index in [0.29, 0.717) is 19.8 Å². The van der Waals surface area contributed by atoms with Crippen LogP contribution in [0.3, 0.4) is 0 Å². The van der Waals surface area contributed by atoms with E-state index in [1.165, 1.54) is 0 Å². The number of hydrogen-bond donors (Lipinski definition) is 2. The molecule has 1 aromatic rings. The van der Waals surface area contributed by atoms with Crippen molar-refractivity contribution in [2.75, 3.05) is 19.8 Å². The number of carboxylic acid groups (broad SMARTS) is 1. The lowest BCUT2D eigenvalue weighted by molar-refractivity contribution is -0.136. The first-order valence-corrected chi connectivity index (χ1v) is 5.57. The molecule has 17 heavy (non-hydrogen) atoms. The predicted molar refractivity (Wildman–Crippen MR) is 61.4 cm³/mol. The Bertz CT molecular complexity index is 405. The summed E-state index contributed by atoms with van der Waals surface area (Å²) in [7, 11) is 0. The summed E-state index contributed by atoms with van der Waals surface area (Å²) in [6.45, 7) is 1.67. The molecule has 1 aromatic carbocycles. The summed E-state index contributed by atoms with van der Waals surface area (Å²) in [5, 5.41) is 11.4. The Labute approximate surface area is 99.3 Å². The Balaban J connectivity index is 2.08. The van der Waals surface area contributed by atoms with Crippen molar-refractivity contribution in [3.63, 3.8) is 0 Å². The molecule has 0 aliphatic carbocycles. The minimum atomic E-state index is -0.871. The normalized spacial score (nSPS) is 14.1. The fraction of sp³-hybridized carbons (Fsp3) is 0.417. The number of aliphatic carboxylic acids is 1. The van der Waals surface area contributed by atoms with Crippen molar-refractivity contribution >= 4 is 5.97 Å². The SMILES string of the molecule is O=C(O)CNCc1cccc2c1OCCCO2. The Hall–Kier alpha value is -1.75. The van der Waals surface area contributed by atoms with Gasteiger partial charge in [0.2, 0.25) is 0 Å². The zero-order valence-electron chi connectivity index (χ0n) is 9.44. The number of fused-ring (bicyclic) bond motifs is 1. The lowest BCUT2D eigenvalue weighted by Crippen LogP contribution is -2.22. The van der Waals surface area contributed by atoms with Crippen molar-refractivity contribution in [3.05, 3.63) is 23.8 Å². The van der Waals surface area contributed by atoms with Crippen LogP contribution in [0.5, 0.6) is 11.5 Å². The highest BCUT2D eigenvalue weighted by atomic mass is 16.5. The van der Waals surface area contributed by atoms with Crippen LogP contribution in [0.25, 0.3) is 0 Å². The summed E-state index contributed by atoms with van der Waals surface area (Å²) in [5.74, 6) is 0.587. The van der Waals surface area contributed by atoms with Crippen molar-refractivity contribution in [1.82, 2.24) is 5.32 Å². The molecule has 0 unspecified atom stereocenters. The standard InChI is InChI=1S/C12H15NO4/c14-11(15)8-13-7-9-3-1-4-10-12(9)17-6-2-5-16-10/h1,3-4,13H,2,5-8H2,(H,14,15). The van der Waals surface area contributed by atoms with Crippen molar-refractivity contribution < 1.29 is 19.4 Å². The summed E-state index contributed by atoms with van der Waals surface area (Å²) in [5.41, 5.74) is 0.922. The van der Waals surface area contributed by atoms with Crippen LogP contribution in [-0.4, -0.2) is 30.8 Å². The summed E-state index contributed by atoms with van der Waals surface area (Å²) >= 11 is 0. The number of nitrogens with one attached hydrogen (secondary N) is 1. The van der Waals surface area contributed by atoms with Crippen LogP contribution in [0, 0.1) is 0 Å². The Kier molecular flexibility index (Phi) is 3.82. The first-order chi connectivity index (χ1) is 8.27. The van der Waals surface area contributed by atoms with Gasteiger partial charge in [-0.15, -0.1) is 0 Å². The van der Waals surface area contributed by atoms with Gasteiger partial charge in [0.05, 0.1) is 19.8 Å². The van der Waals surface area contributed by atoms with E-state index in [4.69, 9.17) is 14.6 Å². The largest absolute Gasteiger partial charge is 0.490 e. The van der Waals surface area contributed by atoms with Crippen LogP contribution in [0.2, 0.25) is 0 Å². The van der Waals surface area contributed by atoms with E-state index >= 15 is 0 Å². The van der Waals surface area contributed by atoms with Crippen LogP contribution in [0.15, 0.2) is 18.2 Å². The third-order valence-corrected chi connectivity index (χ3v) is 2.44. The smallest absolute Gasteiger partial charge is 0.317 e. The second-order valence-electron chi connectivity index (χ2n) is 3.79. The van der Waals surface area contributed by atoms with Gasteiger partial charge in [-0.25, -0.2) is 0 Å². The minimum absolute atomic E-state index is 0.0650. The minimum Gasteiger partial charge on any atom is -0.490 e. The van der Waals surface area contributed by atoms with Crippen LogP contribution >= 0.6 is 0 Å². The van der Waals surface area contributed by atoms with E-state index in [1.54, 1.807) is 0 Å². The summed E-state index contributed by atoms with van der Waals surface area (Å²) in [6, 6.07) is 5.65. The average molecular weight is 237 g/mol. The molecule has 0 atom stereocenters. The van der Waals surface area contributed by atoms with Crippen molar-refractivity contribution in [2.45, 2.75) is 13.0 Å². The summed E-state index contributed by atoms with van der Waals surface area (Å²) in [4.78, 5) is 10.4. The molecule has 5 heteroatoms. The second-order valence-corrected chi connectivity index (χ2v) is 3.79. The molecule has 2 N–H and O–H groups in total. The highest BCUT2D eigenvalue weighted by Gasteiger charge is 2.14. The molecule has 5 nitrogen and oxygen atoms in total. The van der Waals surface area contributed by atoms with Gasteiger partial charge in [-0.05, 0) is 6.07 Å². The molecule has 0 saturated carbocycles. The van der Waals surface area contributed by atoms with E-state index in [0.717, 1.165) is 23.5 Å². The number of carboxylic acids is 1. The van der Waals surface area contributed by atoms with Crippen molar-refractivity contribution in [2.24, 2.45) is 0 Å². The van der Waals surface area contributed by atoms with E-state index in [9.17, 15) is 4.79 Å². The van der Waals surface area contributed by atoms with E-state index in [2.05, 4.69) is 5.32 Å². The molecule has 2 rings (SSSR count). The van der Waals surface area contributed by atoms with E-state index < -0.39 is 5.97 Å². The van der Waals surface area contributed by atoms with E-state index in [1.807, 2.05) is 18.2 Å². The number of hydrogen-bond acceptors (Lipinski definition) is 4. The summed E-state index contributed by atoms with van der Waals surface area (Å²) in [6.07, 6.45) is 0.858. The van der Waals surface area contributed by atoms with Gasteiger partial charge in [0.15, 0.2) is 11.5 Å².